The summed E-state index contributed by atoms with van der Waals surface area (Å²) in [5, 5.41) is 0. The molecule has 0 saturated carbocycles. The van der Waals surface area contributed by atoms with Gasteiger partial charge in [-0.25, -0.2) is 0 Å². The van der Waals surface area contributed by atoms with Gasteiger partial charge in [0.25, 0.3) is 0 Å². The molecule has 0 saturated heterocycles. The standard InChI is InChI=1S/C11H19N/c1-5-9-10(6-2)12-8-7-11(9,3)4/h7-9H,5-6H2,1-4H3. The van der Waals surface area contributed by atoms with Crippen LogP contribution in [0.3, 0.4) is 0 Å². The van der Waals surface area contributed by atoms with Crippen molar-refractivity contribution in [3.05, 3.63) is 12.3 Å². The van der Waals surface area contributed by atoms with Crippen molar-refractivity contribution in [3.63, 3.8) is 0 Å². The van der Waals surface area contributed by atoms with Gasteiger partial charge in [0, 0.05) is 17.8 Å². The van der Waals surface area contributed by atoms with Crippen molar-refractivity contribution >= 4 is 5.71 Å². The van der Waals surface area contributed by atoms with Gasteiger partial charge in [-0.15, -0.1) is 0 Å². The Morgan fingerprint density at radius 2 is 2.08 bits per heavy atom. The molecule has 0 fully saturated rings. The van der Waals surface area contributed by atoms with Crippen LogP contribution in [0.1, 0.15) is 40.5 Å². The highest BCUT2D eigenvalue weighted by molar-refractivity contribution is 5.88. The molecule has 1 aliphatic rings. The highest BCUT2D eigenvalue weighted by Crippen LogP contribution is 2.35. The van der Waals surface area contributed by atoms with E-state index in [-0.39, 0.29) is 0 Å². The zero-order valence-corrected chi connectivity index (χ0v) is 8.59. The molecule has 1 rings (SSSR count). The molecule has 1 heteroatoms. The smallest absolute Gasteiger partial charge is 0.0233 e. The van der Waals surface area contributed by atoms with Crippen LogP contribution in [0.15, 0.2) is 17.3 Å². The first-order valence-electron chi connectivity index (χ1n) is 4.86. The topological polar surface area (TPSA) is 12.4 Å². The fraction of sp³-hybridized carbons (Fsp3) is 0.727. The van der Waals surface area contributed by atoms with Crippen LogP contribution in [-0.4, -0.2) is 5.71 Å². The molecule has 0 aromatic rings. The maximum absolute atomic E-state index is 4.43. The summed E-state index contributed by atoms with van der Waals surface area (Å²) in [6, 6.07) is 0. The van der Waals surface area contributed by atoms with E-state index in [1.165, 1.54) is 12.1 Å². The first-order valence-corrected chi connectivity index (χ1v) is 4.86. The van der Waals surface area contributed by atoms with E-state index < -0.39 is 0 Å². The first kappa shape index (κ1) is 9.50. The van der Waals surface area contributed by atoms with Crippen LogP contribution in [0, 0.1) is 11.3 Å². The summed E-state index contributed by atoms with van der Waals surface area (Å²) in [6.45, 7) is 9.03. The minimum absolute atomic E-state index is 0.307. The minimum atomic E-state index is 0.307. The van der Waals surface area contributed by atoms with Crippen LogP contribution in [0.25, 0.3) is 0 Å². The lowest BCUT2D eigenvalue weighted by Crippen LogP contribution is -2.30. The second kappa shape index (κ2) is 3.42. The van der Waals surface area contributed by atoms with Crippen molar-refractivity contribution in [3.8, 4) is 0 Å². The molecule has 1 nitrogen and oxygen atoms in total. The molecule has 1 atom stereocenters. The largest absolute Gasteiger partial charge is 0.266 e. The molecule has 0 bridgehead atoms. The van der Waals surface area contributed by atoms with E-state index in [1.807, 2.05) is 6.20 Å². The SMILES string of the molecule is CCC1=NC=CC(C)(C)C1CC. The van der Waals surface area contributed by atoms with Crippen molar-refractivity contribution in [2.24, 2.45) is 16.3 Å². The number of rotatable bonds is 2. The number of nitrogens with zero attached hydrogens (tertiary/aromatic N) is 1. The van der Waals surface area contributed by atoms with E-state index in [2.05, 4.69) is 38.8 Å². The Kier molecular flexibility index (Phi) is 2.71. The molecule has 0 radical (unpaired) electrons. The van der Waals surface area contributed by atoms with E-state index in [9.17, 15) is 0 Å². The lowest BCUT2D eigenvalue weighted by molar-refractivity contribution is 0.347. The average Bonchev–Trinajstić information content (AvgIpc) is 2.02. The second-order valence-electron chi connectivity index (χ2n) is 4.07. The van der Waals surface area contributed by atoms with Gasteiger partial charge in [0.05, 0.1) is 0 Å². The van der Waals surface area contributed by atoms with Crippen LogP contribution < -0.4 is 0 Å². The molecule has 0 aromatic heterocycles. The number of hydrogen-bond acceptors (Lipinski definition) is 1. The predicted octanol–water partition coefficient (Wildman–Crippen LogP) is 3.42. The lowest BCUT2D eigenvalue weighted by atomic mass is 9.73. The maximum atomic E-state index is 4.43. The van der Waals surface area contributed by atoms with E-state index in [4.69, 9.17) is 0 Å². The van der Waals surface area contributed by atoms with Gasteiger partial charge in [-0.05, 0) is 18.3 Å². The number of aliphatic imine (C=N–C) groups is 1. The number of hydrogen-bond donors (Lipinski definition) is 0. The van der Waals surface area contributed by atoms with Gasteiger partial charge in [-0.1, -0.05) is 33.8 Å². The molecular weight excluding hydrogens is 146 g/mol. The molecule has 12 heavy (non-hydrogen) atoms. The van der Waals surface area contributed by atoms with Crippen LogP contribution in [-0.2, 0) is 0 Å². The third-order valence-corrected chi connectivity index (χ3v) is 2.82. The fourth-order valence-electron chi connectivity index (χ4n) is 2.06. The predicted molar refractivity (Wildman–Crippen MR) is 54.4 cm³/mol. The van der Waals surface area contributed by atoms with E-state index >= 15 is 0 Å². The van der Waals surface area contributed by atoms with Crippen LogP contribution >= 0.6 is 0 Å². The maximum Gasteiger partial charge on any atom is 0.0233 e. The van der Waals surface area contributed by atoms with Crippen LogP contribution in [0.5, 0.6) is 0 Å². The Bertz CT molecular complexity index is 211. The Morgan fingerprint density at radius 1 is 1.42 bits per heavy atom. The van der Waals surface area contributed by atoms with Crippen molar-refractivity contribution in [1.29, 1.82) is 0 Å². The Hall–Kier alpha value is -0.590. The van der Waals surface area contributed by atoms with Gasteiger partial charge in [-0.3, -0.25) is 4.99 Å². The van der Waals surface area contributed by atoms with E-state index in [0.717, 1.165) is 6.42 Å². The van der Waals surface area contributed by atoms with Crippen LogP contribution in [0.2, 0.25) is 0 Å². The van der Waals surface area contributed by atoms with Gasteiger partial charge in [0.1, 0.15) is 0 Å². The summed E-state index contributed by atoms with van der Waals surface area (Å²) in [6.07, 6.45) is 6.47. The summed E-state index contributed by atoms with van der Waals surface area (Å²) in [4.78, 5) is 4.43. The van der Waals surface area contributed by atoms with Gasteiger partial charge in [0.2, 0.25) is 0 Å². The summed E-state index contributed by atoms with van der Waals surface area (Å²) < 4.78 is 0. The van der Waals surface area contributed by atoms with Crippen molar-refractivity contribution in [1.82, 2.24) is 0 Å². The fourth-order valence-corrected chi connectivity index (χ4v) is 2.06. The highest BCUT2D eigenvalue weighted by Gasteiger charge is 2.30. The summed E-state index contributed by atoms with van der Waals surface area (Å²) >= 11 is 0. The third kappa shape index (κ3) is 1.60. The van der Waals surface area contributed by atoms with Crippen LogP contribution in [0.4, 0.5) is 0 Å². The van der Waals surface area contributed by atoms with Crippen molar-refractivity contribution in [2.45, 2.75) is 40.5 Å². The second-order valence-corrected chi connectivity index (χ2v) is 4.07. The molecule has 1 aliphatic heterocycles. The zero-order valence-electron chi connectivity index (χ0n) is 8.59. The Morgan fingerprint density at radius 3 is 2.50 bits per heavy atom. The van der Waals surface area contributed by atoms with E-state index in [1.54, 1.807) is 0 Å². The van der Waals surface area contributed by atoms with Gasteiger partial charge in [0.15, 0.2) is 0 Å². The quantitative estimate of drug-likeness (QED) is 0.594. The lowest BCUT2D eigenvalue weighted by Gasteiger charge is -2.34. The van der Waals surface area contributed by atoms with Gasteiger partial charge in [-0.2, -0.15) is 0 Å². The summed E-state index contributed by atoms with van der Waals surface area (Å²) in [5.41, 5.74) is 1.67. The molecule has 0 amide bonds. The normalized spacial score (nSPS) is 27.0. The molecule has 0 N–H and O–H groups in total. The molecule has 1 heterocycles. The zero-order chi connectivity index (χ0) is 9.19. The van der Waals surface area contributed by atoms with Gasteiger partial charge >= 0.3 is 0 Å². The molecular formula is C11H19N. The van der Waals surface area contributed by atoms with Crippen molar-refractivity contribution in [2.75, 3.05) is 0 Å². The Balaban J connectivity index is 2.89. The highest BCUT2D eigenvalue weighted by atomic mass is 14.7. The monoisotopic (exact) mass is 165 g/mol. The molecule has 0 spiro atoms. The molecule has 68 valence electrons. The van der Waals surface area contributed by atoms with E-state index in [0.29, 0.717) is 11.3 Å². The first-order chi connectivity index (χ1) is 5.61. The summed E-state index contributed by atoms with van der Waals surface area (Å²) in [7, 11) is 0. The molecule has 1 unspecified atom stereocenters. The summed E-state index contributed by atoms with van der Waals surface area (Å²) in [5.74, 6) is 0.646. The average molecular weight is 165 g/mol. The molecule has 0 aliphatic carbocycles. The Labute approximate surface area is 75.6 Å². The third-order valence-electron chi connectivity index (χ3n) is 2.82. The minimum Gasteiger partial charge on any atom is -0.266 e. The number of allylic oxidation sites excluding steroid dienone is 1. The molecule has 0 aromatic carbocycles. The van der Waals surface area contributed by atoms with Crippen molar-refractivity contribution < 1.29 is 0 Å². The van der Waals surface area contributed by atoms with Gasteiger partial charge < -0.3 is 0 Å².